The molecule has 13 heavy (non-hydrogen) atoms. The van der Waals surface area contributed by atoms with Crippen molar-refractivity contribution in [3.63, 3.8) is 0 Å². The number of carbonyl (C=O) groups excluding carboxylic acids is 1. The number of aliphatic hydroxyl groups is 1. The Morgan fingerprint density at radius 2 is 2.08 bits per heavy atom. The van der Waals surface area contributed by atoms with Crippen molar-refractivity contribution >= 4 is 5.97 Å². The third-order valence-corrected chi connectivity index (χ3v) is 3.78. The van der Waals surface area contributed by atoms with E-state index in [1.54, 1.807) is 0 Å². The minimum atomic E-state index is -0.244. The Morgan fingerprint density at radius 3 is 2.77 bits per heavy atom. The first-order chi connectivity index (χ1) is 6.11. The number of cyclic esters (lactones) is 1. The van der Waals surface area contributed by atoms with Gasteiger partial charge in [-0.2, -0.15) is 0 Å². The van der Waals surface area contributed by atoms with Gasteiger partial charge in [-0.15, -0.1) is 0 Å². The maximum absolute atomic E-state index is 11.2. The minimum Gasteiger partial charge on any atom is -0.465 e. The van der Waals surface area contributed by atoms with Crippen LogP contribution in [0.3, 0.4) is 0 Å². The summed E-state index contributed by atoms with van der Waals surface area (Å²) in [6.07, 6.45) is 0.522. The van der Waals surface area contributed by atoms with Crippen LogP contribution >= 0.6 is 0 Å². The van der Waals surface area contributed by atoms with E-state index in [2.05, 4.69) is 0 Å². The summed E-state index contributed by atoms with van der Waals surface area (Å²) < 4.78 is 5.07. The van der Waals surface area contributed by atoms with E-state index in [0.717, 1.165) is 6.42 Å². The monoisotopic (exact) mass is 184 g/mol. The summed E-state index contributed by atoms with van der Waals surface area (Å²) >= 11 is 0. The fourth-order valence-electron chi connectivity index (χ4n) is 2.68. The van der Waals surface area contributed by atoms with Gasteiger partial charge >= 0.3 is 5.97 Å². The maximum Gasteiger partial charge on any atom is 0.308 e. The molecule has 2 rings (SSSR count). The molecule has 0 radical (unpaired) electrons. The average molecular weight is 184 g/mol. The molecular weight excluding hydrogens is 168 g/mol. The Hall–Kier alpha value is -0.570. The Bertz CT molecular complexity index is 226. The summed E-state index contributed by atoms with van der Waals surface area (Å²) in [5, 5.41) is 9.67. The molecule has 1 aliphatic heterocycles. The molecule has 1 saturated heterocycles. The zero-order valence-electron chi connectivity index (χ0n) is 8.06. The summed E-state index contributed by atoms with van der Waals surface area (Å²) in [6, 6.07) is 0. The third-order valence-electron chi connectivity index (χ3n) is 3.78. The molecule has 0 spiro atoms. The van der Waals surface area contributed by atoms with Gasteiger partial charge < -0.3 is 9.84 Å². The zero-order valence-corrected chi connectivity index (χ0v) is 8.06. The summed E-state index contributed by atoms with van der Waals surface area (Å²) in [7, 11) is 0. The molecule has 3 nitrogen and oxygen atoms in total. The van der Waals surface area contributed by atoms with Crippen LogP contribution < -0.4 is 0 Å². The summed E-state index contributed by atoms with van der Waals surface area (Å²) in [5.41, 5.74) is 0. The number of esters is 1. The molecule has 1 aliphatic carbocycles. The van der Waals surface area contributed by atoms with E-state index >= 15 is 0 Å². The van der Waals surface area contributed by atoms with E-state index in [1.165, 1.54) is 0 Å². The highest BCUT2D eigenvalue weighted by atomic mass is 16.5. The van der Waals surface area contributed by atoms with Crippen molar-refractivity contribution in [1.82, 2.24) is 0 Å². The van der Waals surface area contributed by atoms with Crippen molar-refractivity contribution in [3.8, 4) is 0 Å². The highest BCUT2D eigenvalue weighted by Gasteiger charge is 2.47. The number of ether oxygens (including phenoxy) is 1. The van der Waals surface area contributed by atoms with E-state index < -0.39 is 0 Å². The first-order valence-electron chi connectivity index (χ1n) is 4.96. The minimum absolute atomic E-state index is 0.0293. The van der Waals surface area contributed by atoms with Crippen LogP contribution in [0.25, 0.3) is 0 Å². The van der Waals surface area contributed by atoms with Crippen molar-refractivity contribution in [2.24, 2.45) is 23.7 Å². The number of carbonyl (C=O) groups is 1. The van der Waals surface area contributed by atoms with E-state index in [4.69, 9.17) is 4.74 Å². The Labute approximate surface area is 78.1 Å². The van der Waals surface area contributed by atoms with Crippen LogP contribution in [0.4, 0.5) is 0 Å². The molecule has 1 saturated carbocycles. The zero-order chi connectivity index (χ0) is 9.59. The lowest BCUT2D eigenvalue weighted by Gasteiger charge is -2.31. The molecule has 74 valence electrons. The van der Waals surface area contributed by atoms with E-state index in [0.29, 0.717) is 18.4 Å². The highest BCUT2D eigenvalue weighted by Crippen LogP contribution is 2.44. The average Bonchev–Trinajstić information content (AvgIpc) is 2.38. The fourth-order valence-corrected chi connectivity index (χ4v) is 2.68. The molecule has 0 aromatic heterocycles. The topological polar surface area (TPSA) is 46.5 Å². The van der Waals surface area contributed by atoms with Gasteiger partial charge in [-0.05, 0) is 18.3 Å². The molecule has 0 aromatic rings. The van der Waals surface area contributed by atoms with Gasteiger partial charge in [-0.25, -0.2) is 0 Å². The first kappa shape index (κ1) is 9.00. The summed E-state index contributed by atoms with van der Waals surface area (Å²) in [5.74, 6) is 0.871. The van der Waals surface area contributed by atoms with Crippen LogP contribution in [0.2, 0.25) is 0 Å². The molecule has 0 amide bonds. The lowest BCUT2D eigenvalue weighted by molar-refractivity contribution is -0.159. The standard InChI is InChI=1S/C10H16O3/c1-5-8-4-13-10(12)6(2)7(8)3-9(5)11/h5-9,11H,3-4H2,1-2H3/t5-,6-,7-,8-,9-/m1/s1. The van der Waals surface area contributed by atoms with Crippen LogP contribution in [-0.4, -0.2) is 23.8 Å². The molecule has 1 N–H and O–H groups in total. The predicted octanol–water partition coefficient (Wildman–Crippen LogP) is 0.812. The van der Waals surface area contributed by atoms with E-state index in [1.807, 2.05) is 13.8 Å². The van der Waals surface area contributed by atoms with Gasteiger partial charge in [0.25, 0.3) is 0 Å². The maximum atomic E-state index is 11.2. The van der Waals surface area contributed by atoms with Crippen molar-refractivity contribution in [2.75, 3.05) is 6.61 Å². The predicted molar refractivity (Wildman–Crippen MR) is 46.9 cm³/mol. The van der Waals surface area contributed by atoms with Crippen molar-refractivity contribution in [2.45, 2.75) is 26.4 Å². The van der Waals surface area contributed by atoms with Gasteiger partial charge in [0.2, 0.25) is 0 Å². The Kier molecular flexibility index (Phi) is 2.06. The molecule has 3 heteroatoms. The fraction of sp³-hybridized carbons (Fsp3) is 0.900. The van der Waals surface area contributed by atoms with Crippen LogP contribution in [-0.2, 0) is 9.53 Å². The second-order valence-electron chi connectivity index (χ2n) is 4.41. The van der Waals surface area contributed by atoms with Gasteiger partial charge in [0.15, 0.2) is 0 Å². The second kappa shape index (κ2) is 2.98. The van der Waals surface area contributed by atoms with E-state index in [-0.39, 0.29) is 23.9 Å². The lowest BCUT2D eigenvalue weighted by atomic mass is 9.81. The van der Waals surface area contributed by atoms with Gasteiger partial charge in [0.05, 0.1) is 18.6 Å². The van der Waals surface area contributed by atoms with Crippen molar-refractivity contribution in [3.05, 3.63) is 0 Å². The van der Waals surface area contributed by atoms with Gasteiger partial charge in [-0.3, -0.25) is 4.79 Å². The van der Waals surface area contributed by atoms with Crippen molar-refractivity contribution < 1.29 is 14.6 Å². The molecular formula is C10H16O3. The van der Waals surface area contributed by atoms with Crippen LogP contribution in [0.15, 0.2) is 0 Å². The van der Waals surface area contributed by atoms with Gasteiger partial charge in [-0.1, -0.05) is 13.8 Å². The highest BCUT2D eigenvalue weighted by molar-refractivity contribution is 5.73. The second-order valence-corrected chi connectivity index (χ2v) is 4.41. The van der Waals surface area contributed by atoms with Crippen LogP contribution in [0.5, 0.6) is 0 Å². The lowest BCUT2D eigenvalue weighted by Crippen LogP contribution is -2.36. The number of fused-ring (bicyclic) bond motifs is 1. The molecule has 2 fully saturated rings. The van der Waals surface area contributed by atoms with Gasteiger partial charge in [0, 0.05) is 5.92 Å². The van der Waals surface area contributed by atoms with Crippen molar-refractivity contribution in [1.29, 1.82) is 0 Å². The molecule has 2 aliphatic rings. The van der Waals surface area contributed by atoms with Crippen LogP contribution in [0.1, 0.15) is 20.3 Å². The summed E-state index contributed by atoms with van der Waals surface area (Å²) in [6.45, 7) is 4.46. The number of aliphatic hydroxyl groups excluding tert-OH is 1. The normalized spacial score (nSPS) is 50.1. The number of rotatable bonds is 0. The molecule has 0 aromatic carbocycles. The molecule has 1 heterocycles. The van der Waals surface area contributed by atoms with Crippen LogP contribution in [0, 0.1) is 23.7 Å². The summed E-state index contributed by atoms with van der Waals surface area (Å²) in [4.78, 5) is 11.2. The Morgan fingerprint density at radius 1 is 1.38 bits per heavy atom. The number of hydrogen-bond donors (Lipinski definition) is 1. The number of hydrogen-bond acceptors (Lipinski definition) is 3. The quantitative estimate of drug-likeness (QED) is 0.567. The Balaban J connectivity index is 2.17. The first-order valence-corrected chi connectivity index (χ1v) is 4.96. The third kappa shape index (κ3) is 1.26. The molecule has 0 bridgehead atoms. The molecule has 5 atom stereocenters. The van der Waals surface area contributed by atoms with Gasteiger partial charge in [0.1, 0.15) is 0 Å². The van der Waals surface area contributed by atoms with E-state index in [9.17, 15) is 9.90 Å². The smallest absolute Gasteiger partial charge is 0.308 e. The largest absolute Gasteiger partial charge is 0.465 e. The molecule has 0 unspecified atom stereocenters. The SMILES string of the molecule is C[C@@H]1[C@H]2COC(=O)[C@H](C)[C@H]2C[C@H]1O.